The van der Waals surface area contributed by atoms with E-state index in [2.05, 4.69) is 4.74 Å². The van der Waals surface area contributed by atoms with Gasteiger partial charge in [-0.2, -0.15) is 0 Å². The van der Waals surface area contributed by atoms with Crippen LogP contribution in [0.1, 0.15) is 6.42 Å². The number of rotatable bonds is 5. The highest BCUT2D eigenvalue weighted by molar-refractivity contribution is 7.89. The molecule has 0 saturated heterocycles. The van der Waals surface area contributed by atoms with E-state index < -0.39 is 32.5 Å². The largest absolute Gasteiger partial charge is 0.469 e. The average molecular weight is 294 g/mol. The second kappa shape index (κ2) is 5.93. The highest BCUT2D eigenvalue weighted by atomic mass is 32.2. The summed E-state index contributed by atoms with van der Waals surface area (Å²) in [6, 6.07) is 1.38. The Morgan fingerprint density at radius 3 is 2.37 bits per heavy atom. The van der Waals surface area contributed by atoms with E-state index in [0.717, 1.165) is 7.11 Å². The van der Waals surface area contributed by atoms with Gasteiger partial charge in [0.25, 0.3) is 0 Å². The Morgan fingerprint density at radius 2 is 1.89 bits per heavy atom. The number of carbonyl (C=O) groups excluding carboxylic acids is 1. The predicted octanol–water partition coefficient (Wildman–Crippen LogP) is 0.388. The molecule has 0 radical (unpaired) electrons. The first-order valence-electron chi connectivity index (χ1n) is 5.09. The number of carbonyl (C=O) groups is 1. The number of anilines is 1. The van der Waals surface area contributed by atoms with Crippen molar-refractivity contribution in [3.05, 3.63) is 23.8 Å². The number of nitrogens with two attached hydrogens (primary N) is 1. The average Bonchev–Trinajstić information content (AvgIpc) is 2.26. The molecule has 0 heterocycles. The summed E-state index contributed by atoms with van der Waals surface area (Å²) in [6.45, 7) is -0.335. The molecule has 1 aromatic carbocycles. The monoisotopic (exact) mass is 294 g/mol. The van der Waals surface area contributed by atoms with E-state index in [0.29, 0.717) is 12.1 Å². The molecule has 0 unspecified atom stereocenters. The smallest absolute Gasteiger partial charge is 0.306 e. The maximum absolute atomic E-state index is 13.4. The Bertz CT molecular complexity index is 566. The van der Waals surface area contributed by atoms with Gasteiger partial charge < -0.3 is 10.5 Å². The SMILES string of the molecule is COC(=O)CCNS(=O)(=O)c1c(F)cc(N)cc1F. The van der Waals surface area contributed by atoms with Crippen LogP contribution in [0.25, 0.3) is 0 Å². The first-order chi connectivity index (χ1) is 8.77. The molecule has 0 aromatic heterocycles. The Morgan fingerprint density at radius 1 is 1.37 bits per heavy atom. The van der Waals surface area contributed by atoms with E-state index in [1.54, 1.807) is 0 Å². The summed E-state index contributed by atoms with van der Waals surface area (Å²) in [5.41, 5.74) is 4.94. The minimum atomic E-state index is -4.41. The zero-order valence-electron chi connectivity index (χ0n) is 9.94. The van der Waals surface area contributed by atoms with Crippen molar-refractivity contribution < 1.29 is 26.7 Å². The lowest BCUT2D eigenvalue weighted by atomic mass is 10.3. The van der Waals surface area contributed by atoms with Crippen LogP contribution in [-0.4, -0.2) is 28.0 Å². The number of hydrogen-bond acceptors (Lipinski definition) is 5. The van der Waals surface area contributed by atoms with Crippen LogP contribution in [0, 0.1) is 11.6 Å². The molecule has 0 atom stereocenters. The Balaban J connectivity index is 2.92. The van der Waals surface area contributed by atoms with Crippen molar-refractivity contribution in [2.75, 3.05) is 19.4 Å². The minimum Gasteiger partial charge on any atom is -0.469 e. The highest BCUT2D eigenvalue weighted by Crippen LogP contribution is 2.21. The van der Waals surface area contributed by atoms with E-state index in [-0.39, 0.29) is 18.7 Å². The van der Waals surface area contributed by atoms with E-state index >= 15 is 0 Å². The summed E-state index contributed by atoms with van der Waals surface area (Å²) in [7, 11) is -3.27. The number of methoxy groups -OCH3 is 1. The van der Waals surface area contributed by atoms with Gasteiger partial charge >= 0.3 is 5.97 Å². The number of hydrogen-bond donors (Lipinski definition) is 2. The molecule has 0 aliphatic rings. The zero-order chi connectivity index (χ0) is 14.6. The molecule has 19 heavy (non-hydrogen) atoms. The maximum atomic E-state index is 13.4. The summed E-state index contributed by atoms with van der Waals surface area (Å²) >= 11 is 0. The Hall–Kier alpha value is -1.74. The Labute approximate surface area is 108 Å². The molecular weight excluding hydrogens is 282 g/mol. The van der Waals surface area contributed by atoms with Crippen molar-refractivity contribution in [1.82, 2.24) is 4.72 Å². The third-order valence-corrected chi connectivity index (χ3v) is 3.65. The van der Waals surface area contributed by atoms with Crippen LogP contribution < -0.4 is 10.5 Å². The van der Waals surface area contributed by atoms with Crippen LogP contribution in [0.4, 0.5) is 14.5 Å². The molecule has 6 nitrogen and oxygen atoms in total. The second-order valence-corrected chi connectivity index (χ2v) is 5.24. The molecule has 0 amide bonds. The number of esters is 1. The van der Waals surface area contributed by atoms with E-state index in [9.17, 15) is 22.0 Å². The van der Waals surface area contributed by atoms with Gasteiger partial charge in [-0.1, -0.05) is 0 Å². The number of halogens is 2. The summed E-state index contributed by atoms with van der Waals surface area (Å²) in [5, 5.41) is 0. The van der Waals surface area contributed by atoms with Gasteiger partial charge in [-0.25, -0.2) is 21.9 Å². The first-order valence-corrected chi connectivity index (χ1v) is 6.57. The lowest BCUT2D eigenvalue weighted by molar-refractivity contribution is -0.140. The lowest BCUT2D eigenvalue weighted by Crippen LogP contribution is -2.28. The third kappa shape index (κ3) is 3.86. The van der Waals surface area contributed by atoms with E-state index in [4.69, 9.17) is 5.73 Å². The fourth-order valence-corrected chi connectivity index (χ4v) is 2.44. The lowest BCUT2D eigenvalue weighted by Gasteiger charge is -2.08. The molecular formula is C10H12F2N2O4S. The van der Waals surface area contributed by atoms with Gasteiger partial charge in [0.15, 0.2) is 4.90 Å². The van der Waals surface area contributed by atoms with Gasteiger partial charge in [-0.15, -0.1) is 0 Å². The first kappa shape index (κ1) is 15.3. The van der Waals surface area contributed by atoms with E-state index in [1.807, 2.05) is 4.72 Å². The van der Waals surface area contributed by atoms with Crippen molar-refractivity contribution in [2.45, 2.75) is 11.3 Å². The van der Waals surface area contributed by atoms with Crippen LogP contribution in [0.2, 0.25) is 0 Å². The molecule has 3 N–H and O–H groups in total. The number of ether oxygens (including phenoxy) is 1. The van der Waals surface area contributed by atoms with Gasteiger partial charge in [0.1, 0.15) is 11.6 Å². The van der Waals surface area contributed by atoms with Crippen molar-refractivity contribution in [1.29, 1.82) is 0 Å². The molecule has 0 aliphatic carbocycles. The molecule has 0 spiro atoms. The fraction of sp³-hybridized carbons (Fsp3) is 0.300. The highest BCUT2D eigenvalue weighted by Gasteiger charge is 2.24. The van der Waals surface area contributed by atoms with Crippen molar-refractivity contribution in [2.24, 2.45) is 0 Å². The molecule has 0 fully saturated rings. The number of nitrogen functional groups attached to an aromatic ring is 1. The second-order valence-electron chi connectivity index (χ2n) is 3.54. The summed E-state index contributed by atoms with van der Waals surface area (Å²) in [5.74, 6) is -3.26. The van der Waals surface area contributed by atoms with Crippen LogP contribution in [0.3, 0.4) is 0 Å². The van der Waals surface area contributed by atoms with Crippen molar-refractivity contribution in [3.63, 3.8) is 0 Å². The fourth-order valence-electron chi connectivity index (χ4n) is 1.30. The predicted molar refractivity (Wildman–Crippen MR) is 62.6 cm³/mol. The standard InChI is InChI=1S/C10H12F2N2O4S/c1-18-9(15)2-3-14-19(16,17)10-7(11)4-6(13)5-8(10)12/h4-5,14H,2-3,13H2,1H3. The van der Waals surface area contributed by atoms with Gasteiger partial charge in [0, 0.05) is 12.2 Å². The minimum absolute atomic E-state index is 0.233. The quantitative estimate of drug-likeness (QED) is 0.604. The van der Waals surface area contributed by atoms with Crippen molar-refractivity contribution >= 4 is 21.7 Å². The third-order valence-electron chi connectivity index (χ3n) is 2.14. The van der Waals surface area contributed by atoms with Gasteiger partial charge in [0.2, 0.25) is 10.0 Å². The summed E-state index contributed by atoms with van der Waals surface area (Å²) in [6.07, 6.45) is -0.256. The van der Waals surface area contributed by atoms with Crippen LogP contribution >= 0.6 is 0 Å². The Kier molecular flexibility index (Phi) is 4.78. The molecule has 0 bridgehead atoms. The molecule has 1 aromatic rings. The molecule has 0 saturated carbocycles. The maximum Gasteiger partial charge on any atom is 0.306 e. The van der Waals surface area contributed by atoms with Crippen LogP contribution in [0.15, 0.2) is 17.0 Å². The molecule has 1 rings (SSSR count). The van der Waals surface area contributed by atoms with Gasteiger partial charge in [-0.05, 0) is 12.1 Å². The van der Waals surface area contributed by atoms with Gasteiger partial charge in [-0.3, -0.25) is 4.79 Å². The van der Waals surface area contributed by atoms with Crippen molar-refractivity contribution in [3.8, 4) is 0 Å². The molecule has 106 valence electrons. The molecule has 9 heteroatoms. The van der Waals surface area contributed by atoms with E-state index in [1.165, 1.54) is 0 Å². The van der Waals surface area contributed by atoms with Crippen LogP contribution in [-0.2, 0) is 19.6 Å². The number of benzene rings is 1. The number of sulfonamides is 1. The zero-order valence-corrected chi connectivity index (χ0v) is 10.8. The normalized spacial score (nSPS) is 11.3. The van der Waals surface area contributed by atoms with Gasteiger partial charge in [0.05, 0.1) is 13.5 Å². The summed E-state index contributed by atoms with van der Waals surface area (Å²) in [4.78, 5) is 9.66. The molecule has 0 aliphatic heterocycles. The topological polar surface area (TPSA) is 98.5 Å². The number of nitrogens with one attached hydrogen (secondary N) is 1. The van der Waals surface area contributed by atoms with Crippen LogP contribution in [0.5, 0.6) is 0 Å². The summed E-state index contributed by atoms with van der Waals surface area (Å²) < 4.78 is 56.4.